The van der Waals surface area contributed by atoms with Crippen molar-refractivity contribution in [3.8, 4) is 5.75 Å². The van der Waals surface area contributed by atoms with Gasteiger partial charge in [0.15, 0.2) is 5.60 Å². The van der Waals surface area contributed by atoms with E-state index in [4.69, 9.17) is 15.2 Å². The van der Waals surface area contributed by atoms with Crippen LogP contribution in [0.5, 0.6) is 5.75 Å². The van der Waals surface area contributed by atoms with E-state index < -0.39 is 11.5 Å². The molecule has 0 unspecified atom stereocenters. The lowest BCUT2D eigenvalue weighted by molar-refractivity contribution is -0.153. The predicted octanol–water partition coefficient (Wildman–Crippen LogP) is 0.910. The zero-order valence-corrected chi connectivity index (χ0v) is 11.7. The van der Waals surface area contributed by atoms with Crippen LogP contribution in [0, 0.1) is 5.82 Å². The van der Waals surface area contributed by atoms with Gasteiger partial charge in [-0.1, -0.05) is 6.07 Å². The van der Waals surface area contributed by atoms with E-state index in [1.807, 2.05) is 4.90 Å². The fourth-order valence-electron chi connectivity index (χ4n) is 2.34. The number of hydrogen-bond acceptors (Lipinski definition) is 4. The molecule has 20 heavy (non-hydrogen) atoms. The van der Waals surface area contributed by atoms with Crippen LogP contribution in [0.3, 0.4) is 0 Å². The summed E-state index contributed by atoms with van der Waals surface area (Å²) < 4.78 is 24.5. The SMILES string of the molecule is COc1cccc(F)c1CN1CCO[C@](C)(C(N)=O)C1. The van der Waals surface area contributed by atoms with Gasteiger partial charge in [-0.15, -0.1) is 0 Å². The van der Waals surface area contributed by atoms with Crippen molar-refractivity contribution < 1.29 is 18.7 Å². The third-order valence-electron chi connectivity index (χ3n) is 3.55. The Kier molecular flexibility index (Phi) is 4.25. The second-order valence-corrected chi connectivity index (χ2v) is 5.07. The highest BCUT2D eigenvalue weighted by Gasteiger charge is 2.37. The van der Waals surface area contributed by atoms with Gasteiger partial charge in [-0.05, 0) is 19.1 Å². The number of primary amides is 1. The van der Waals surface area contributed by atoms with Crippen molar-refractivity contribution in [1.82, 2.24) is 4.90 Å². The van der Waals surface area contributed by atoms with E-state index in [9.17, 15) is 9.18 Å². The summed E-state index contributed by atoms with van der Waals surface area (Å²) in [4.78, 5) is 13.4. The van der Waals surface area contributed by atoms with Crippen LogP contribution in [0.4, 0.5) is 4.39 Å². The van der Waals surface area contributed by atoms with E-state index in [1.54, 1.807) is 19.1 Å². The molecular formula is C14H19FN2O3. The first-order valence-corrected chi connectivity index (χ1v) is 6.44. The normalized spacial score (nSPS) is 23.6. The van der Waals surface area contributed by atoms with Crippen molar-refractivity contribution in [2.24, 2.45) is 5.73 Å². The zero-order chi connectivity index (χ0) is 14.8. The molecule has 2 N–H and O–H groups in total. The predicted molar refractivity (Wildman–Crippen MR) is 71.8 cm³/mol. The molecule has 1 fully saturated rings. The molecule has 110 valence electrons. The van der Waals surface area contributed by atoms with Gasteiger partial charge in [0.1, 0.15) is 11.6 Å². The largest absolute Gasteiger partial charge is 0.496 e. The molecule has 0 aromatic heterocycles. The summed E-state index contributed by atoms with van der Waals surface area (Å²) in [5.74, 6) is -0.336. The molecule has 1 atom stereocenters. The summed E-state index contributed by atoms with van der Waals surface area (Å²) in [5.41, 5.74) is 4.80. The van der Waals surface area contributed by atoms with Crippen LogP contribution in [0.25, 0.3) is 0 Å². The van der Waals surface area contributed by atoms with Gasteiger partial charge in [-0.2, -0.15) is 0 Å². The monoisotopic (exact) mass is 282 g/mol. The van der Waals surface area contributed by atoms with Gasteiger partial charge in [0.05, 0.1) is 13.7 Å². The molecule has 5 nitrogen and oxygen atoms in total. The number of rotatable bonds is 4. The fourth-order valence-corrected chi connectivity index (χ4v) is 2.34. The molecule has 6 heteroatoms. The summed E-state index contributed by atoms with van der Waals surface area (Å²) in [7, 11) is 1.51. The van der Waals surface area contributed by atoms with Gasteiger partial charge in [-0.25, -0.2) is 4.39 Å². The van der Waals surface area contributed by atoms with Crippen LogP contribution in [-0.2, 0) is 16.1 Å². The maximum Gasteiger partial charge on any atom is 0.250 e. The Balaban J connectivity index is 2.16. The van der Waals surface area contributed by atoms with Crippen LogP contribution in [-0.4, -0.2) is 43.2 Å². The minimum atomic E-state index is -1.03. The van der Waals surface area contributed by atoms with Crippen molar-refractivity contribution >= 4 is 5.91 Å². The highest BCUT2D eigenvalue weighted by molar-refractivity contribution is 5.83. The van der Waals surface area contributed by atoms with Gasteiger partial charge in [0.25, 0.3) is 5.91 Å². The molecule has 1 amide bonds. The van der Waals surface area contributed by atoms with Crippen LogP contribution >= 0.6 is 0 Å². The number of hydrogen-bond donors (Lipinski definition) is 1. The quantitative estimate of drug-likeness (QED) is 0.891. The molecule has 1 aromatic carbocycles. The lowest BCUT2D eigenvalue weighted by atomic mass is 10.0. The number of nitrogens with zero attached hydrogens (tertiary/aromatic N) is 1. The number of nitrogens with two attached hydrogens (primary N) is 1. The Morgan fingerprint density at radius 1 is 1.60 bits per heavy atom. The second-order valence-electron chi connectivity index (χ2n) is 5.07. The molecule has 1 heterocycles. The van der Waals surface area contributed by atoms with Crippen LogP contribution in [0.2, 0.25) is 0 Å². The smallest absolute Gasteiger partial charge is 0.250 e. The lowest BCUT2D eigenvalue weighted by Crippen LogP contribution is -2.56. The third kappa shape index (κ3) is 2.91. The number of carbonyl (C=O) groups is 1. The minimum Gasteiger partial charge on any atom is -0.496 e. The maximum absolute atomic E-state index is 13.9. The first kappa shape index (κ1) is 14.7. The molecule has 0 spiro atoms. The Morgan fingerprint density at radius 2 is 2.35 bits per heavy atom. The molecular weight excluding hydrogens is 263 g/mol. The Morgan fingerprint density at radius 3 is 3.00 bits per heavy atom. The van der Waals surface area contributed by atoms with Crippen molar-refractivity contribution in [1.29, 1.82) is 0 Å². The second kappa shape index (κ2) is 5.76. The maximum atomic E-state index is 13.9. The first-order valence-electron chi connectivity index (χ1n) is 6.44. The Hall–Kier alpha value is -1.66. The van der Waals surface area contributed by atoms with Crippen molar-refractivity contribution in [2.45, 2.75) is 19.1 Å². The average molecular weight is 282 g/mol. The van der Waals surface area contributed by atoms with Gasteiger partial charge in [-0.3, -0.25) is 9.69 Å². The van der Waals surface area contributed by atoms with E-state index in [1.165, 1.54) is 13.2 Å². The summed E-state index contributed by atoms with van der Waals surface area (Å²) in [6, 6.07) is 4.71. The fraction of sp³-hybridized carbons (Fsp3) is 0.500. The Bertz CT molecular complexity index is 509. The van der Waals surface area contributed by atoms with E-state index in [2.05, 4.69) is 0 Å². The summed E-state index contributed by atoms with van der Waals surface area (Å²) in [6.45, 7) is 3.33. The average Bonchev–Trinajstić information content (AvgIpc) is 2.41. The first-order chi connectivity index (χ1) is 9.46. The molecule has 1 aliphatic rings. The third-order valence-corrected chi connectivity index (χ3v) is 3.55. The highest BCUT2D eigenvalue weighted by atomic mass is 19.1. The number of carbonyl (C=O) groups excluding carboxylic acids is 1. The molecule has 0 bridgehead atoms. The summed E-state index contributed by atoms with van der Waals surface area (Å²) >= 11 is 0. The van der Waals surface area contributed by atoms with Gasteiger partial charge in [0.2, 0.25) is 0 Å². The molecule has 0 aliphatic carbocycles. The summed E-state index contributed by atoms with van der Waals surface area (Å²) in [6.07, 6.45) is 0. The van der Waals surface area contributed by atoms with Crippen LogP contribution in [0.1, 0.15) is 12.5 Å². The number of morpholine rings is 1. The molecule has 0 radical (unpaired) electrons. The topological polar surface area (TPSA) is 64.8 Å². The summed E-state index contributed by atoms with van der Waals surface area (Å²) in [5, 5.41) is 0. The van der Waals surface area contributed by atoms with Gasteiger partial charge in [0, 0.05) is 25.2 Å². The van der Waals surface area contributed by atoms with E-state index in [-0.39, 0.29) is 5.82 Å². The van der Waals surface area contributed by atoms with Crippen molar-refractivity contribution in [3.05, 3.63) is 29.6 Å². The molecule has 2 rings (SSSR count). The van der Waals surface area contributed by atoms with Gasteiger partial charge < -0.3 is 15.2 Å². The molecule has 0 saturated carbocycles. The Labute approximate surface area is 117 Å². The number of ether oxygens (including phenoxy) is 2. The standard InChI is InChI=1S/C14H19FN2O3/c1-14(13(16)18)9-17(6-7-20-14)8-10-11(15)4-3-5-12(10)19-2/h3-5H,6-9H2,1-2H3,(H2,16,18)/t14-/m0/s1. The molecule has 1 aromatic rings. The van der Waals surface area contributed by atoms with Crippen molar-refractivity contribution in [3.63, 3.8) is 0 Å². The number of methoxy groups -OCH3 is 1. The molecule has 1 saturated heterocycles. The zero-order valence-electron chi connectivity index (χ0n) is 11.7. The van der Waals surface area contributed by atoms with Gasteiger partial charge >= 0.3 is 0 Å². The van der Waals surface area contributed by atoms with E-state index in [0.717, 1.165) is 0 Å². The van der Waals surface area contributed by atoms with Crippen molar-refractivity contribution in [2.75, 3.05) is 26.8 Å². The van der Waals surface area contributed by atoms with Crippen LogP contribution < -0.4 is 10.5 Å². The highest BCUT2D eigenvalue weighted by Crippen LogP contribution is 2.25. The minimum absolute atomic E-state index is 0.323. The van der Waals surface area contributed by atoms with E-state index in [0.29, 0.717) is 37.6 Å². The number of halogens is 1. The van der Waals surface area contributed by atoms with Crippen LogP contribution in [0.15, 0.2) is 18.2 Å². The number of amides is 1. The number of benzene rings is 1. The lowest BCUT2D eigenvalue weighted by Gasteiger charge is -2.38. The molecule has 1 aliphatic heterocycles. The van der Waals surface area contributed by atoms with E-state index >= 15 is 0 Å².